The van der Waals surface area contributed by atoms with Gasteiger partial charge >= 0.3 is 0 Å². The molecule has 3 nitrogen and oxygen atoms in total. The quantitative estimate of drug-likeness (QED) is 0.397. The number of thioether (sulfide) groups is 1. The normalized spacial score (nSPS) is 10.1. The third-order valence-corrected chi connectivity index (χ3v) is 2.37. The smallest absolute Gasteiger partial charge is 0.116 e. The van der Waals surface area contributed by atoms with Crippen LogP contribution in [0.1, 0.15) is 12.8 Å². The third-order valence-electron chi connectivity index (χ3n) is 1.34. The Morgan fingerprint density at radius 2 is 2.33 bits per heavy atom. The third kappa shape index (κ3) is 3.69. The lowest BCUT2D eigenvalue weighted by molar-refractivity contribution is 0.188. The second-order valence-corrected chi connectivity index (χ2v) is 3.42. The first kappa shape index (κ1) is 9.48. The van der Waals surface area contributed by atoms with Crippen LogP contribution in [-0.2, 0) is 5.11 Å². The summed E-state index contributed by atoms with van der Waals surface area (Å²) in [5.41, 5.74) is 0. The van der Waals surface area contributed by atoms with Crippen LogP contribution in [0.25, 0.3) is 0 Å². The molecular weight excluding hydrogens is 172 g/mol. The highest BCUT2D eigenvalue weighted by Gasteiger charge is 1.93. The molecule has 4 heteroatoms. The van der Waals surface area contributed by atoms with Crippen molar-refractivity contribution in [2.24, 2.45) is 0 Å². The average Bonchev–Trinajstić information content (AvgIpc) is 2.14. The summed E-state index contributed by atoms with van der Waals surface area (Å²) in [7, 11) is 0. The molecule has 65 valence electrons. The number of rotatable bonds is 5. The lowest BCUT2D eigenvalue weighted by Crippen LogP contribution is -1.86. The molecule has 1 aromatic rings. The van der Waals surface area contributed by atoms with Gasteiger partial charge in [0.1, 0.15) is 6.33 Å². The van der Waals surface area contributed by atoms with Crippen LogP contribution in [0.5, 0.6) is 0 Å². The second kappa shape index (κ2) is 5.97. The maximum Gasteiger partial charge on any atom is 0.116 e. The average molecular weight is 183 g/mol. The van der Waals surface area contributed by atoms with Gasteiger partial charge in [0.2, 0.25) is 0 Å². The molecule has 1 rings (SSSR count). The Labute approximate surface area is 76.2 Å². The molecule has 1 aromatic heterocycles. The summed E-state index contributed by atoms with van der Waals surface area (Å²) in [5, 5.41) is 11.1. The van der Waals surface area contributed by atoms with Gasteiger partial charge in [-0.3, -0.25) is 0 Å². The molecule has 0 saturated carbocycles. The SMILES string of the molecule is [O]CCCCSc1ccncn1. The Kier molecular flexibility index (Phi) is 4.71. The zero-order valence-corrected chi connectivity index (χ0v) is 7.59. The van der Waals surface area contributed by atoms with Gasteiger partial charge in [0.15, 0.2) is 0 Å². The van der Waals surface area contributed by atoms with Crippen LogP contribution in [-0.4, -0.2) is 22.3 Å². The van der Waals surface area contributed by atoms with E-state index >= 15 is 0 Å². The van der Waals surface area contributed by atoms with E-state index in [1.807, 2.05) is 6.07 Å². The van der Waals surface area contributed by atoms with E-state index in [-0.39, 0.29) is 6.61 Å². The molecule has 12 heavy (non-hydrogen) atoms. The molecule has 0 aromatic carbocycles. The molecule has 0 spiro atoms. The summed E-state index contributed by atoms with van der Waals surface area (Å²) in [6.45, 7) is 0.0321. The molecule has 0 aliphatic heterocycles. The highest BCUT2D eigenvalue weighted by Crippen LogP contribution is 2.14. The Hall–Kier alpha value is -0.610. The van der Waals surface area contributed by atoms with Crippen molar-refractivity contribution in [3.8, 4) is 0 Å². The zero-order valence-electron chi connectivity index (χ0n) is 6.77. The van der Waals surface area contributed by atoms with Crippen molar-refractivity contribution < 1.29 is 5.11 Å². The van der Waals surface area contributed by atoms with Crippen molar-refractivity contribution in [3.63, 3.8) is 0 Å². The van der Waals surface area contributed by atoms with E-state index in [2.05, 4.69) is 9.97 Å². The summed E-state index contributed by atoms with van der Waals surface area (Å²) in [5.74, 6) is 0.971. The van der Waals surface area contributed by atoms with Crippen LogP contribution in [0.15, 0.2) is 23.6 Å². The molecule has 0 saturated heterocycles. The van der Waals surface area contributed by atoms with E-state index in [9.17, 15) is 5.11 Å². The largest absolute Gasteiger partial charge is 0.245 e. The number of hydrogen-bond donors (Lipinski definition) is 0. The molecule has 0 aliphatic rings. The molecule has 0 bridgehead atoms. The topological polar surface area (TPSA) is 45.7 Å². The number of unbranched alkanes of at least 4 members (excludes halogenated alkanes) is 1. The summed E-state index contributed by atoms with van der Waals surface area (Å²) >= 11 is 1.67. The van der Waals surface area contributed by atoms with E-state index < -0.39 is 0 Å². The van der Waals surface area contributed by atoms with Crippen LogP contribution >= 0.6 is 11.8 Å². The Bertz CT molecular complexity index is 205. The van der Waals surface area contributed by atoms with Crippen molar-refractivity contribution in [2.75, 3.05) is 12.4 Å². The van der Waals surface area contributed by atoms with E-state index in [1.165, 1.54) is 6.33 Å². The van der Waals surface area contributed by atoms with Crippen molar-refractivity contribution in [2.45, 2.75) is 17.9 Å². The molecule has 0 amide bonds. The van der Waals surface area contributed by atoms with Gasteiger partial charge in [-0.25, -0.2) is 15.1 Å². The van der Waals surface area contributed by atoms with Gasteiger partial charge in [0.25, 0.3) is 0 Å². The Balaban J connectivity index is 2.16. The minimum absolute atomic E-state index is 0.0321. The maximum absolute atomic E-state index is 10.1. The number of nitrogens with zero attached hydrogens (tertiary/aromatic N) is 2. The fourth-order valence-electron chi connectivity index (χ4n) is 0.745. The summed E-state index contributed by atoms with van der Waals surface area (Å²) in [6.07, 6.45) is 5.00. The molecular formula is C8H11N2OS. The summed E-state index contributed by atoms with van der Waals surface area (Å²) in [4.78, 5) is 7.87. The minimum atomic E-state index is 0.0321. The fraction of sp³-hybridized carbons (Fsp3) is 0.500. The predicted molar refractivity (Wildman–Crippen MR) is 47.5 cm³/mol. The Morgan fingerprint density at radius 1 is 1.42 bits per heavy atom. The first-order chi connectivity index (χ1) is 5.93. The lowest BCUT2D eigenvalue weighted by Gasteiger charge is -1.97. The van der Waals surface area contributed by atoms with Crippen molar-refractivity contribution >= 4 is 11.8 Å². The van der Waals surface area contributed by atoms with Crippen LogP contribution < -0.4 is 0 Å². The second-order valence-electron chi connectivity index (χ2n) is 2.31. The van der Waals surface area contributed by atoms with E-state index in [0.29, 0.717) is 0 Å². The van der Waals surface area contributed by atoms with Gasteiger partial charge in [-0.15, -0.1) is 11.8 Å². The molecule has 0 aliphatic carbocycles. The van der Waals surface area contributed by atoms with Crippen LogP contribution in [0.4, 0.5) is 0 Å². The molecule has 1 heterocycles. The van der Waals surface area contributed by atoms with Gasteiger partial charge in [-0.2, -0.15) is 0 Å². The summed E-state index contributed by atoms with van der Waals surface area (Å²) < 4.78 is 0. The van der Waals surface area contributed by atoms with Gasteiger partial charge in [0.05, 0.1) is 11.6 Å². The van der Waals surface area contributed by atoms with Gasteiger partial charge < -0.3 is 0 Å². The van der Waals surface area contributed by atoms with Crippen molar-refractivity contribution in [1.82, 2.24) is 9.97 Å². The molecule has 0 atom stereocenters. The first-order valence-electron chi connectivity index (χ1n) is 3.90. The lowest BCUT2D eigenvalue weighted by atomic mass is 10.4. The highest BCUT2D eigenvalue weighted by molar-refractivity contribution is 7.99. The van der Waals surface area contributed by atoms with E-state index in [0.717, 1.165) is 23.6 Å². The van der Waals surface area contributed by atoms with Crippen molar-refractivity contribution in [3.05, 3.63) is 18.6 Å². The van der Waals surface area contributed by atoms with Crippen LogP contribution in [0.2, 0.25) is 0 Å². The van der Waals surface area contributed by atoms with E-state index in [1.54, 1.807) is 18.0 Å². The molecule has 0 unspecified atom stereocenters. The van der Waals surface area contributed by atoms with Crippen molar-refractivity contribution in [1.29, 1.82) is 0 Å². The molecule has 0 N–H and O–H groups in total. The highest BCUT2D eigenvalue weighted by atomic mass is 32.2. The van der Waals surface area contributed by atoms with Gasteiger partial charge in [0, 0.05) is 6.20 Å². The number of hydrogen-bond acceptors (Lipinski definition) is 3. The van der Waals surface area contributed by atoms with Crippen LogP contribution in [0.3, 0.4) is 0 Å². The number of aromatic nitrogens is 2. The Morgan fingerprint density at radius 3 is 3.00 bits per heavy atom. The summed E-state index contributed by atoms with van der Waals surface area (Å²) in [6, 6.07) is 1.88. The van der Waals surface area contributed by atoms with Gasteiger partial charge in [-0.1, -0.05) is 0 Å². The maximum atomic E-state index is 10.1. The standard InChI is InChI=1S/C8H11N2OS/c11-5-1-2-6-12-8-3-4-9-7-10-8/h3-4,7H,1-2,5-6H2. The van der Waals surface area contributed by atoms with Crippen LogP contribution in [0, 0.1) is 0 Å². The molecule has 1 radical (unpaired) electrons. The minimum Gasteiger partial charge on any atom is -0.245 e. The molecule has 0 fully saturated rings. The zero-order chi connectivity index (χ0) is 8.65. The van der Waals surface area contributed by atoms with Gasteiger partial charge in [-0.05, 0) is 24.7 Å². The van der Waals surface area contributed by atoms with E-state index in [4.69, 9.17) is 0 Å². The monoisotopic (exact) mass is 183 g/mol. The predicted octanol–water partition coefficient (Wildman–Crippen LogP) is 1.78. The first-order valence-corrected chi connectivity index (χ1v) is 4.89. The fourth-order valence-corrected chi connectivity index (χ4v) is 1.58.